The van der Waals surface area contributed by atoms with Gasteiger partial charge in [-0.15, -0.1) is 0 Å². The lowest BCUT2D eigenvalue weighted by Gasteiger charge is -2.14. The molecule has 0 radical (unpaired) electrons. The summed E-state index contributed by atoms with van der Waals surface area (Å²) in [6, 6.07) is 8.50. The highest BCUT2D eigenvalue weighted by Crippen LogP contribution is 2.25. The Balaban J connectivity index is 2.08. The lowest BCUT2D eigenvalue weighted by atomic mass is 10.00. The molecule has 2 atom stereocenters. The van der Waals surface area contributed by atoms with Gasteiger partial charge in [0.2, 0.25) is 17.7 Å². The van der Waals surface area contributed by atoms with E-state index in [1.54, 1.807) is 38.1 Å². The number of nitriles is 1. The average Bonchev–Trinajstić information content (AvgIpc) is 2.66. The molecular formula is C15H15N3O3. The van der Waals surface area contributed by atoms with Gasteiger partial charge in [-0.25, -0.2) is 0 Å². The van der Waals surface area contributed by atoms with E-state index in [2.05, 4.69) is 5.32 Å². The van der Waals surface area contributed by atoms with E-state index in [1.165, 1.54) is 0 Å². The molecule has 0 saturated carbocycles. The number of imide groups is 1. The molecule has 21 heavy (non-hydrogen) atoms. The monoisotopic (exact) mass is 285 g/mol. The molecule has 1 aliphatic rings. The van der Waals surface area contributed by atoms with Crippen molar-refractivity contribution in [2.45, 2.75) is 13.8 Å². The molecule has 1 aromatic rings. The Morgan fingerprint density at radius 2 is 1.81 bits per heavy atom. The lowest BCUT2D eigenvalue weighted by molar-refractivity contribution is -0.142. The summed E-state index contributed by atoms with van der Waals surface area (Å²) in [5, 5.41) is 11.5. The summed E-state index contributed by atoms with van der Waals surface area (Å²) in [5.41, 5.74) is 0.692. The molecule has 2 rings (SSSR count). The van der Waals surface area contributed by atoms with E-state index in [9.17, 15) is 14.4 Å². The molecule has 3 amide bonds. The topological polar surface area (TPSA) is 90.3 Å². The van der Waals surface area contributed by atoms with E-state index >= 15 is 0 Å². The number of benzene rings is 1. The Kier molecular flexibility index (Phi) is 4.03. The van der Waals surface area contributed by atoms with Gasteiger partial charge in [0.1, 0.15) is 12.6 Å². The first-order valence-corrected chi connectivity index (χ1v) is 6.60. The summed E-state index contributed by atoms with van der Waals surface area (Å²) < 4.78 is 0. The van der Waals surface area contributed by atoms with Crippen molar-refractivity contribution in [2.75, 3.05) is 11.9 Å². The maximum absolute atomic E-state index is 12.0. The van der Waals surface area contributed by atoms with Gasteiger partial charge < -0.3 is 5.32 Å². The van der Waals surface area contributed by atoms with E-state index in [0.717, 1.165) is 4.90 Å². The van der Waals surface area contributed by atoms with Gasteiger partial charge >= 0.3 is 0 Å². The Morgan fingerprint density at radius 1 is 1.24 bits per heavy atom. The molecule has 0 bridgehead atoms. The number of carbonyl (C=O) groups excluding carboxylic acids is 3. The number of hydrogen-bond acceptors (Lipinski definition) is 4. The first-order valence-electron chi connectivity index (χ1n) is 6.60. The molecule has 1 fully saturated rings. The van der Waals surface area contributed by atoms with Crippen molar-refractivity contribution < 1.29 is 14.4 Å². The van der Waals surface area contributed by atoms with Crippen molar-refractivity contribution >= 4 is 23.4 Å². The summed E-state index contributed by atoms with van der Waals surface area (Å²) in [6.07, 6.45) is 0. The van der Waals surface area contributed by atoms with Crippen LogP contribution in [-0.2, 0) is 14.4 Å². The van der Waals surface area contributed by atoms with Crippen LogP contribution in [0, 0.1) is 23.2 Å². The van der Waals surface area contributed by atoms with Gasteiger partial charge in [0, 0.05) is 11.8 Å². The molecule has 0 aliphatic carbocycles. The highest BCUT2D eigenvalue weighted by Gasteiger charge is 2.42. The zero-order valence-electron chi connectivity index (χ0n) is 11.8. The molecule has 6 heteroatoms. The number of hydrogen-bond donors (Lipinski definition) is 1. The largest absolute Gasteiger partial charge is 0.323 e. The quantitative estimate of drug-likeness (QED) is 0.843. The lowest BCUT2D eigenvalue weighted by Crippen LogP contribution is -2.38. The Bertz CT molecular complexity index is 628. The molecule has 1 aliphatic heterocycles. The van der Waals surface area contributed by atoms with Gasteiger partial charge in [-0.05, 0) is 12.1 Å². The minimum atomic E-state index is -0.499. The Hall–Kier alpha value is -2.68. The van der Waals surface area contributed by atoms with Crippen LogP contribution < -0.4 is 5.32 Å². The number of nitrogens with one attached hydrogen (secondary N) is 1. The van der Waals surface area contributed by atoms with E-state index in [1.807, 2.05) is 6.07 Å². The molecule has 108 valence electrons. The minimum Gasteiger partial charge on any atom is -0.323 e. The molecule has 2 unspecified atom stereocenters. The molecule has 6 nitrogen and oxygen atoms in total. The third-order valence-electron chi connectivity index (χ3n) is 3.68. The molecule has 1 aromatic carbocycles. The fourth-order valence-electron chi connectivity index (χ4n) is 2.21. The Labute approximate surface area is 122 Å². The van der Waals surface area contributed by atoms with Crippen LogP contribution in [0.4, 0.5) is 5.69 Å². The van der Waals surface area contributed by atoms with E-state index in [0.29, 0.717) is 11.3 Å². The number of anilines is 1. The normalized spacial score (nSPS) is 21.3. The molecule has 1 N–H and O–H groups in total. The first kappa shape index (κ1) is 14.7. The SMILES string of the molecule is CC1C(=O)N(CC(=O)Nc2ccccc2C#N)C(=O)C1C. The molecule has 0 aromatic heterocycles. The molecule has 0 spiro atoms. The van der Waals surface area contributed by atoms with Crippen LogP contribution in [0.2, 0.25) is 0 Å². The number of rotatable bonds is 3. The second-order valence-corrected chi connectivity index (χ2v) is 5.05. The van der Waals surface area contributed by atoms with E-state index in [-0.39, 0.29) is 18.4 Å². The summed E-state index contributed by atoms with van der Waals surface area (Å²) in [4.78, 5) is 36.8. The van der Waals surface area contributed by atoms with Gasteiger partial charge in [0.25, 0.3) is 0 Å². The second-order valence-electron chi connectivity index (χ2n) is 5.05. The zero-order valence-corrected chi connectivity index (χ0v) is 11.8. The predicted octanol–water partition coefficient (Wildman–Crippen LogP) is 1.14. The molecule has 1 heterocycles. The van der Waals surface area contributed by atoms with Crippen molar-refractivity contribution in [1.82, 2.24) is 4.90 Å². The number of carbonyl (C=O) groups is 3. The highest BCUT2D eigenvalue weighted by atomic mass is 16.2. The van der Waals surface area contributed by atoms with Crippen molar-refractivity contribution in [1.29, 1.82) is 5.26 Å². The minimum absolute atomic E-state index is 0.326. The number of para-hydroxylation sites is 1. The molecular weight excluding hydrogens is 270 g/mol. The van der Waals surface area contributed by atoms with Crippen molar-refractivity contribution in [3.63, 3.8) is 0 Å². The van der Waals surface area contributed by atoms with Gasteiger partial charge in [0.15, 0.2) is 0 Å². The van der Waals surface area contributed by atoms with Crippen molar-refractivity contribution in [2.24, 2.45) is 11.8 Å². The van der Waals surface area contributed by atoms with E-state index in [4.69, 9.17) is 5.26 Å². The maximum Gasteiger partial charge on any atom is 0.244 e. The smallest absolute Gasteiger partial charge is 0.244 e. The highest BCUT2D eigenvalue weighted by molar-refractivity contribution is 6.08. The van der Waals surface area contributed by atoms with Crippen molar-refractivity contribution in [3.05, 3.63) is 29.8 Å². The zero-order chi connectivity index (χ0) is 15.6. The van der Waals surface area contributed by atoms with Crippen LogP contribution in [0.5, 0.6) is 0 Å². The first-order chi connectivity index (χ1) is 9.95. The maximum atomic E-state index is 12.0. The van der Waals surface area contributed by atoms with Gasteiger partial charge in [-0.1, -0.05) is 26.0 Å². The summed E-state index contributed by atoms with van der Waals surface area (Å²) in [6.45, 7) is 3.02. The number of likely N-dealkylation sites (tertiary alicyclic amines) is 1. The van der Waals surface area contributed by atoms with Crippen LogP contribution in [0.3, 0.4) is 0 Å². The summed E-state index contributed by atoms with van der Waals surface area (Å²) in [5.74, 6) is -1.98. The fraction of sp³-hybridized carbons (Fsp3) is 0.333. The second kappa shape index (κ2) is 5.75. The average molecular weight is 285 g/mol. The number of nitrogens with zero attached hydrogens (tertiary/aromatic N) is 2. The van der Waals surface area contributed by atoms with Gasteiger partial charge in [-0.3, -0.25) is 19.3 Å². The Morgan fingerprint density at radius 3 is 2.38 bits per heavy atom. The third kappa shape index (κ3) is 2.77. The molecule has 1 saturated heterocycles. The van der Waals surface area contributed by atoms with Crippen LogP contribution in [0.1, 0.15) is 19.4 Å². The third-order valence-corrected chi connectivity index (χ3v) is 3.68. The summed E-state index contributed by atoms with van der Waals surface area (Å²) in [7, 11) is 0. The van der Waals surface area contributed by atoms with Crippen LogP contribution >= 0.6 is 0 Å². The van der Waals surface area contributed by atoms with Crippen LogP contribution in [0.25, 0.3) is 0 Å². The predicted molar refractivity (Wildman–Crippen MR) is 74.8 cm³/mol. The van der Waals surface area contributed by atoms with Crippen molar-refractivity contribution in [3.8, 4) is 6.07 Å². The van der Waals surface area contributed by atoms with Crippen LogP contribution in [0.15, 0.2) is 24.3 Å². The van der Waals surface area contributed by atoms with E-state index < -0.39 is 17.7 Å². The number of amides is 3. The van der Waals surface area contributed by atoms with Crippen LogP contribution in [-0.4, -0.2) is 29.2 Å². The van der Waals surface area contributed by atoms with Gasteiger partial charge in [-0.2, -0.15) is 5.26 Å². The standard InChI is InChI=1S/C15H15N3O3/c1-9-10(2)15(21)18(14(9)20)8-13(19)17-12-6-4-3-5-11(12)7-16/h3-6,9-10H,8H2,1-2H3,(H,17,19). The summed E-state index contributed by atoms with van der Waals surface area (Å²) >= 11 is 0. The fourth-order valence-corrected chi connectivity index (χ4v) is 2.21. The van der Waals surface area contributed by atoms with Gasteiger partial charge in [0.05, 0.1) is 11.3 Å².